The van der Waals surface area contributed by atoms with Crippen LogP contribution in [0.5, 0.6) is 0 Å². The van der Waals surface area contributed by atoms with Crippen molar-refractivity contribution in [3.63, 3.8) is 0 Å². The number of carbonyl (C=O) groups is 1. The predicted molar refractivity (Wildman–Crippen MR) is 99.4 cm³/mol. The molecule has 30 heavy (non-hydrogen) atoms. The largest absolute Gasteiger partial charge is 0.481 e. The zero-order chi connectivity index (χ0) is 21.9. The summed E-state index contributed by atoms with van der Waals surface area (Å²) < 4.78 is 50.8. The van der Waals surface area contributed by atoms with E-state index in [9.17, 15) is 23.1 Å². The van der Waals surface area contributed by atoms with E-state index in [1.54, 1.807) is 0 Å². The quantitative estimate of drug-likeness (QED) is 0.692. The monoisotopic (exact) mass is 421 g/mol. The molecule has 1 aliphatic rings. The average Bonchev–Trinajstić information content (AvgIpc) is 3.19. The van der Waals surface area contributed by atoms with E-state index in [2.05, 4.69) is 21.2 Å². The Hall–Kier alpha value is -3.16. The number of aliphatic carboxylic acids is 1. The maximum absolute atomic E-state index is 13.3. The van der Waals surface area contributed by atoms with Crippen LogP contribution < -0.4 is 5.32 Å². The molecule has 0 saturated carbocycles. The van der Waals surface area contributed by atoms with Crippen LogP contribution in [0.25, 0.3) is 0 Å². The second kappa shape index (κ2) is 8.69. The van der Waals surface area contributed by atoms with Gasteiger partial charge in [-0.15, -0.1) is 6.42 Å². The number of alkyl halides is 3. The minimum absolute atomic E-state index is 0.0184. The lowest BCUT2D eigenvalue weighted by Crippen LogP contribution is -2.19. The van der Waals surface area contributed by atoms with Crippen molar-refractivity contribution in [2.45, 2.75) is 31.9 Å². The molecule has 1 aromatic heterocycles. The van der Waals surface area contributed by atoms with Gasteiger partial charge in [0.25, 0.3) is 0 Å². The number of nitrogens with zero attached hydrogens (tertiary/aromatic N) is 2. The number of carboxylic acid groups (broad SMARTS) is 1. The van der Waals surface area contributed by atoms with Gasteiger partial charge < -0.3 is 19.9 Å². The lowest BCUT2D eigenvalue weighted by molar-refractivity contribution is -0.138. The summed E-state index contributed by atoms with van der Waals surface area (Å²) in [6, 6.07) is 2.77. The third-order valence-electron chi connectivity index (χ3n) is 4.58. The van der Waals surface area contributed by atoms with Gasteiger partial charge in [-0.3, -0.25) is 4.79 Å². The van der Waals surface area contributed by atoms with Gasteiger partial charge in [0.1, 0.15) is 18.2 Å². The summed E-state index contributed by atoms with van der Waals surface area (Å²) in [6.45, 7) is 1.91. The standard InChI is InChI=1S/C20H18F3N3O4/c1-3-14(12-5-4-6-13(11(12)2)20(21,22)23)26-18-17(19-29-7-8-30-19)15(9-16(27)28)24-10-25-18/h1,4-6,10,14,19H,7-9H2,2H3,(H,27,28)(H,24,25,26). The number of anilines is 1. The summed E-state index contributed by atoms with van der Waals surface area (Å²) in [5.41, 5.74) is -0.162. The highest BCUT2D eigenvalue weighted by Gasteiger charge is 2.34. The molecule has 0 aliphatic carbocycles. The summed E-state index contributed by atoms with van der Waals surface area (Å²) in [7, 11) is 0. The Morgan fingerprint density at radius 1 is 1.37 bits per heavy atom. The van der Waals surface area contributed by atoms with Gasteiger partial charge in [0.15, 0.2) is 6.29 Å². The Morgan fingerprint density at radius 3 is 2.67 bits per heavy atom. The van der Waals surface area contributed by atoms with E-state index in [4.69, 9.17) is 15.9 Å². The fourth-order valence-corrected chi connectivity index (χ4v) is 3.22. The van der Waals surface area contributed by atoms with Crippen molar-refractivity contribution < 1.29 is 32.5 Å². The summed E-state index contributed by atoms with van der Waals surface area (Å²) in [5.74, 6) is 1.44. The number of aromatic nitrogens is 2. The van der Waals surface area contributed by atoms with Gasteiger partial charge in [-0.1, -0.05) is 18.1 Å². The zero-order valence-corrected chi connectivity index (χ0v) is 15.9. The Morgan fingerprint density at radius 2 is 2.07 bits per heavy atom. The van der Waals surface area contributed by atoms with Gasteiger partial charge in [-0.25, -0.2) is 9.97 Å². The van der Waals surface area contributed by atoms with Gasteiger partial charge in [0.05, 0.1) is 36.5 Å². The molecule has 1 atom stereocenters. The molecule has 3 rings (SSSR count). The molecule has 2 aromatic rings. The second-order valence-electron chi connectivity index (χ2n) is 6.49. The fraction of sp³-hybridized carbons (Fsp3) is 0.350. The van der Waals surface area contributed by atoms with Crippen molar-refractivity contribution in [3.8, 4) is 12.3 Å². The van der Waals surface area contributed by atoms with Crippen LogP contribution in [-0.2, 0) is 26.9 Å². The van der Waals surface area contributed by atoms with Crippen LogP contribution in [0.4, 0.5) is 19.0 Å². The Labute approximate surface area is 170 Å². The van der Waals surface area contributed by atoms with Crippen molar-refractivity contribution in [2.75, 3.05) is 18.5 Å². The van der Waals surface area contributed by atoms with Gasteiger partial charge >= 0.3 is 12.1 Å². The molecule has 2 N–H and O–H groups in total. The second-order valence-corrected chi connectivity index (χ2v) is 6.49. The van der Waals surface area contributed by atoms with Crippen LogP contribution in [0.15, 0.2) is 24.5 Å². The molecule has 7 nitrogen and oxygen atoms in total. The molecule has 0 bridgehead atoms. The minimum Gasteiger partial charge on any atom is -0.481 e. The van der Waals surface area contributed by atoms with Crippen LogP contribution in [0.3, 0.4) is 0 Å². The molecule has 1 saturated heterocycles. The molecule has 2 heterocycles. The van der Waals surface area contributed by atoms with Crippen molar-refractivity contribution >= 4 is 11.8 Å². The van der Waals surface area contributed by atoms with Crippen LogP contribution >= 0.6 is 0 Å². The topological polar surface area (TPSA) is 93.6 Å². The van der Waals surface area contributed by atoms with Gasteiger partial charge in [-0.05, 0) is 24.1 Å². The van der Waals surface area contributed by atoms with Crippen molar-refractivity contribution in [1.29, 1.82) is 0 Å². The Balaban J connectivity index is 2.03. The Bertz CT molecular complexity index is 982. The summed E-state index contributed by atoms with van der Waals surface area (Å²) in [4.78, 5) is 19.3. The first-order valence-electron chi connectivity index (χ1n) is 8.90. The number of carboxylic acids is 1. The van der Waals surface area contributed by atoms with E-state index in [0.29, 0.717) is 0 Å². The lowest BCUT2D eigenvalue weighted by atomic mass is 9.96. The van der Waals surface area contributed by atoms with E-state index in [0.717, 1.165) is 12.4 Å². The molecule has 0 amide bonds. The highest BCUT2D eigenvalue weighted by molar-refractivity contribution is 5.71. The van der Waals surface area contributed by atoms with E-state index < -0.39 is 36.5 Å². The molecule has 10 heteroatoms. The van der Waals surface area contributed by atoms with Crippen LogP contribution in [-0.4, -0.2) is 34.3 Å². The highest BCUT2D eigenvalue weighted by atomic mass is 19.4. The SMILES string of the molecule is C#CC(Nc1ncnc(CC(=O)O)c1C1OCCO1)c1cccc(C(F)(F)F)c1C. The van der Waals surface area contributed by atoms with Gasteiger partial charge in [-0.2, -0.15) is 13.2 Å². The molecule has 1 unspecified atom stereocenters. The van der Waals surface area contributed by atoms with E-state index >= 15 is 0 Å². The molecule has 1 fully saturated rings. The summed E-state index contributed by atoms with van der Waals surface area (Å²) in [6.07, 6.45) is 0.895. The normalized spacial score (nSPS) is 15.6. The van der Waals surface area contributed by atoms with Crippen LogP contribution in [0.2, 0.25) is 0 Å². The number of hydrogen-bond donors (Lipinski definition) is 2. The molecule has 1 aromatic carbocycles. The minimum atomic E-state index is -4.53. The number of halogens is 3. The third-order valence-corrected chi connectivity index (χ3v) is 4.58. The number of rotatable bonds is 6. The predicted octanol–water partition coefficient (Wildman–Crippen LogP) is 3.26. The van der Waals surface area contributed by atoms with Crippen molar-refractivity contribution in [2.24, 2.45) is 0 Å². The van der Waals surface area contributed by atoms with Crippen molar-refractivity contribution in [3.05, 3.63) is 52.5 Å². The maximum Gasteiger partial charge on any atom is 0.416 e. The summed E-state index contributed by atoms with van der Waals surface area (Å²) >= 11 is 0. The smallest absolute Gasteiger partial charge is 0.416 e. The summed E-state index contributed by atoms with van der Waals surface area (Å²) in [5, 5.41) is 12.1. The lowest BCUT2D eigenvalue weighted by Gasteiger charge is -2.22. The molecular formula is C20H18F3N3O4. The van der Waals surface area contributed by atoms with Crippen LogP contribution in [0.1, 0.15) is 40.3 Å². The first-order chi connectivity index (χ1) is 14.2. The van der Waals surface area contributed by atoms with Crippen LogP contribution in [0, 0.1) is 19.3 Å². The highest BCUT2D eigenvalue weighted by Crippen LogP contribution is 2.36. The average molecular weight is 421 g/mol. The third kappa shape index (κ3) is 4.53. The Kier molecular flexibility index (Phi) is 6.24. The molecule has 0 radical (unpaired) electrons. The fourth-order valence-electron chi connectivity index (χ4n) is 3.22. The maximum atomic E-state index is 13.3. The molecule has 1 aliphatic heterocycles. The molecular weight excluding hydrogens is 403 g/mol. The zero-order valence-electron chi connectivity index (χ0n) is 15.9. The van der Waals surface area contributed by atoms with Crippen molar-refractivity contribution in [1.82, 2.24) is 9.97 Å². The van der Waals surface area contributed by atoms with E-state index in [1.807, 2.05) is 0 Å². The number of hydrogen-bond acceptors (Lipinski definition) is 6. The van der Waals surface area contributed by atoms with Gasteiger partial charge in [0.2, 0.25) is 0 Å². The first kappa shape index (κ1) is 21.5. The van der Waals surface area contributed by atoms with Gasteiger partial charge in [0, 0.05) is 0 Å². The molecule has 158 valence electrons. The number of ether oxygens (including phenoxy) is 2. The first-order valence-corrected chi connectivity index (χ1v) is 8.90. The molecule has 0 spiro atoms. The number of nitrogens with one attached hydrogen (secondary N) is 1. The van der Waals surface area contributed by atoms with E-state index in [1.165, 1.54) is 19.1 Å². The number of benzene rings is 1. The number of terminal acetylenes is 1. The van der Waals surface area contributed by atoms with E-state index in [-0.39, 0.29) is 41.4 Å².